The van der Waals surface area contributed by atoms with Crippen molar-refractivity contribution in [3.05, 3.63) is 59.2 Å². The predicted octanol–water partition coefficient (Wildman–Crippen LogP) is 3.70. The van der Waals surface area contributed by atoms with Gasteiger partial charge in [-0.05, 0) is 36.1 Å². The highest BCUT2D eigenvalue weighted by molar-refractivity contribution is 5.93. The predicted molar refractivity (Wildman–Crippen MR) is 90.5 cm³/mol. The zero-order valence-electron chi connectivity index (χ0n) is 13.4. The van der Waals surface area contributed by atoms with Gasteiger partial charge in [0.1, 0.15) is 11.8 Å². The number of hydrogen-bond acceptors (Lipinski definition) is 3. The summed E-state index contributed by atoms with van der Waals surface area (Å²) in [5.74, 6) is 0.193. The van der Waals surface area contributed by atoms with Gasteiger partial charge >= 0.3 is 0 Å². The van der Waals surface area contributed by atoms with Gasteiger partial charge < -0.3 is 10.1 Å². The minimum atomic E-state index is -0.228. The van der Waals surface area contributed by atoms with E-state index in [0.717, 1.165) is 29.7 Å². The average Bonchev–Trinajstić information content (AvgIpc) is 2.60. The quantitative estimate of drug-likeness (QED) is 0.885. The van der Waals surface area contributed by atoms with Crippen molar-refractivity contribution in [2.75, 3.05) is 11.9 Å². The average molecular weight is 308 g/mol. The topological polar surface area (TPSA) is 62.1 Å². The molecule has 4 nitrogen and oxygen atoms in total. The Kier molecular flexibility index (Phi) is 5.76. The Morgan fingerprint density at radius 2 is 1.74 bits per heavy atom. The van der Waals surface area contributed by atoms with Crippen molar-refractivity contribution in [3.63, 3.8) is 0 Å². The normalized spacial score (nSPS) is 9.96. The van der Waals surface area contributed by atoms with Crippen LogP contribution in [0.4, 0.5) is 5.69 Å². The van der Waals surface area contributed by atoms with E-state index < -0.39 is 0 Å². The zero-order chi connectivity index (χ0) is 16.7. The van der Waals surface area contributed by atoms with E-state index in [1.807, 2.05) is 24.3 Å². The highest BCUT2D eigenvalue weighted by atomic mass is 16.5. The van der Waals surface area contributed by atoms with Gasteiger partial charge in [0.05, 0.1) is 5.56 Å². The summed E-state index contributed by atoms with van der Waals surface area (Å²) in [5.41, 5.74) is 3.51. The Balaban J connectivity index is 2.07. The van der Waals surface area contributed by atoms with Crippen molar-refractivity contribution in [1.29, 1.82) is 5.26 Å². The molecule has 0 aliphatic carbocycles. The molecule has 4 heteroatoms. The third-order valence-corrected chi connectivity index (χ3v) is 3.63. The number of nitrogens with one attached hydrogen (secondary N) is 1. The minimum absolute atomic E-state index is 0.125. The van der Waals surface area contributed by atoms with Gasteiger partial charge in [0, 0.05) is 5.69 Å². The van der Waals surface area contributed by atoms with Crippen LogP contribution in [0.5, 0.6) is 5.75 Å². The first kappa shape index (κ1) is 16.6. The molecule has 0 aliphatic heterocycles. The Labute approximate surface area is 136 Å². The second-order valence-electron chi connectivity index (χ2n) is 5.10. The molecule has 0 aromatic heterocycles. The number of nitrogens with zero attached hydrogens (tertiary/aromatic N) is 1. The molecule has 0 saturated carbocycles. The SMILES string of the molecule is CCc1cccc(CC)c1NC(=O)COc1ccccc1C#N. The smallest absolute Gasteiger partial charge is 0.262 e. The summed E-state index contributed by atoms with van der Waals surface area (Å²) in [5, 5.41) is 12.0. The molecule has 23 heavy (non-hydrogen) atoms. The van der Waals surface area contributed by atoms with Gasteiger partial charge in [-0.2, -0.15) is 5.26 Å². The number of rotatable bonds is 6. The largest absolute Gasteiger partial charge is 0.482 e. The van der Waals surface area contributed by atoms with Crippen molar-refractivity contribution in [2.24, 2.45) is 0 Å². The van der Waals surface area contributed by atoms with Gasteiger partial charge in [-0.1, -0.05) is 44.2 Å². The molecule has 2 aromatic carbocycles. The van der Waals surface area contributed by atoms with Crippen LogP contribution >= 0.6 is 0 Å². The highest BCUT2D eigenvalue weighted by Gasteiger charge is 2.11. The van der Waals surface area contributed by atoms with Gasteiger partial charge in [-0.15, -0.1) is 0 Å². The lowest BCUT2D eigenvalue weighted by Gasteiger charge is -2.15. The molecular weight excluding hydrogens is 288 g/mol. The Hall–Kier alpha value is -2.80. The lowest BCUT2D eigenvalue weighted by atomic mass is 10.0. The molecule has 0 unspecified atom stereocenters. The van der Waals surface area contributed by atoms with E-state index in [1.54, 1.807) is 24.3 Å². The highest BCUT2D eigenvalue weighted by Crippen LogP contribution is 2.23. The molecule has 0 atom stereocenters. The van der Waals surface area contributed by atoms with Crippen molar-refractivity contribution >= 4 is 11.6 Å². The Bertz CT molecular complexity index is 710. The number of nitriles is 1. The number of aryl methyl sites for hydroxylation is 2. The summed E-state index contributed by atoms with van der Waals surface area (Å²) in [6.45, 7) is 3.99. The first-order valence-electron chi connectivity index (χ1n) is 7.72. The van der Waals surface area contributed by atoms with Crippen LogP contribution in [-0.4, -0.2) is 12.5 Å². The van der Waals surface area contributed by atoms with Crippen molar-refractivity contribution < 1.29 is 9.53 Å². The lowest BCUT2D eigenvalue weighted by molar-refractivity contribution is -0.118. The summed E-state index contributed by atoms with van der Waals surface area (Å²) < 4.78 is 5.47. The van der Waals surface area contributed by atoms with Gasteiger partial charge in [0.15, 0.2) is 6.61 Å². The molecule has 0 radical (unpaired) electrons. The lowest BCUT2D eigenvalue weighted by Crippen LogP contribution is -2.22. The van der Waals surface area contributed by atoms with Gasteiger partial charge in [-0.3, -0.25) is 4.79 Å². The van der Waals surface area contributed by atoms with Gasteiger partial charge in [0.2, 0.25) is 0 Å². The summed E-state index contributed by atoms with van der Waals surface area (Å²) >= 11 is 0. The van der Waals surface area contributed by atoms with E-state index in [9.17, 15) is 4.79 Å². The van der Waals surface area contributed by atoms with Crippen LogP contribution in [0.15, 0.2) is 42.5 Å². The second-order valence-corrected chi connectivity index (χ2v) is 5.10. The van der Waals surface area contributed by atoms with Crippen molar-refractivity contribution in [1.82, 2.24) is 0 Å². The molecule has 0 spiro atoms. The fourth-order valence-electron chi connectivity index (χ4n) is 2.41. The fraction of sp³-hybridized carbons (Fsp3) is 0.263. The molecular formula is C19H20N2O2. The third-order valence-electron chi connectivity index (χ3n) is 3.63. The van der Waals surface area contributed by atoms with Gasteiger partial charge in [-0.25, -0.2) is 0 Å². The van der Waals surface area contributed by atoms with E-state index in [0.29, 0.717) is 11.3 Å². The van der Waals surface area contributed by atoms with Crippen molar-refractivity contribution in [2.45, 2.75) is 26.7 Å². The van der Waals surface area contributed by atoms with Crippen molar-refractivity contribution in [3.8, 4) is 11.8 Å². The van der Waals surface area contributed by atoms with Gasteiger partial charge in [0.25, 0.3) is 5.91 Å². The van der Waals surface area contributed by atoms with Crippen LogP contribution < -0.4 is 10.1 Å². The van der Waals surface area contributed by atoms with E-state index in [4.69, 9.17) is 10.00 Å². The Morgan fingerprint density at radius 3 is 2.35 bits per heavy atom. The number of amides is 1. The fourth-order valence-corrected chi connectivity index (χ4v) is 2.41. The number of ether oxygens (including phenoxy) is 1. The molecule has 0 fully saturated rings. The van der Waals surface area contributed by atoms with E-state index >= 15 is 0 Å². The number of carbonyl (C=O) groups excluding carboxylic acids is 1. The monoisotopic (exact) mass is 308 g/mol. The molecule has 2 aromatic rings. The first-order chi connectivity index (χ1) is 11.2. The molecule has 1 amide bonds. The van der Waals surface area contributed by atoms with Crippen LogP contribution in [0.2, 0.25) is 0 Å². The van der Waals surface area contributed by atoms with E-state index in [-0.39, 0.29) is 12.5 Å². The number of hydrogen-bond donors (Lipinski definition) is 1. The summed E-state index contributed by atoms with van der Waals surface area (Å²) in [6.07, 6.45) is 1.70. The third kappa shape index (κ3) is 4.10. The summed E-state index contributed by atoms with van der Waals surface area (Å²) in [6, 6.07) is 15.0. The number of carbonyl (C=O) groups is 1. The minimum Gasteiger partial charge on any atom is -0.482 e. The van der Waals surface area contributed by atoms with Crippen LogP contribution in [-0.2, 0) is 17.6 Å². The molecule has 2 rings (SSSR count). The van der Waals surface area contributed by atoms with Crippen LogP contribution in [0, 0.1) is 11.3 Å². The van der Waals surface area contributed by atoms with Crippen LogP contribution in [0.3, 0.4) is 0 Å². The van der Waals surface area contributed by atoms with Crippen LogP contribution in [0.25, 0.3) is 0 Å². The number of para-hydroxylation sites is 2. The molecule has 0 saturated heterocycles. The molecule has 0 heterocycles. The summed E-state index contributed by atoms with van der Waals surface area (Å²) in [4.78, 5) is 12.2. The number of anilines is 1. The summed E-state index contributed by atoms with van der Waals surface area (Å²) in [7, 11) is 0. The first-order valence-corrected chi connectivity index (χ1v) is 7.72. The van der Waals surface area contributed by atoms with E-state index in [1.165, 1.54) is 0 Å². The molecule has 0 aliphatic rings. The Morgan fingerprint density at radius 1 is 1.09 bits per heavy atom. The van der Waals surface area contributed by atoms with E-state index in [2.05, 4.69) is 19.2 Å². The zero-order valence-corrected chi connectivity index (χ0v) is 13.4. The van der Waals surface area contributed by atoms with Crippen LogP contribution in [0.1, 0.15) is 30.5 Å². The maximum atomic E-state index is 12.2. The number of benzene rings is 2. The standard InChI is InChI=1S/C19H20N2O2/c1-3-14-9-7-10-15(4-2)19(14)21-18(22)13-23-17-11-6-5-8-16(17)12-20/h5-11H,3-4,13H2,1-2H3,(H,21,22). The maximum absolute atomic E-state index is 12.2. The molecule has 118 valence electrons. The molecule has 0 bridgehead atoms. The second kappa shape index (κ2) is 8.00. The maximum Gasteiger partial charge on any atom is 0.262 e. The molecule has 1 N–H and O–H groups in total.